The van der Waals surface area contributed by atoms with Crippen molar-refractivity contribution in [3.8, 4) is 0 Å². The molecule has 7 heteroatoms. The average molecular weight is 381 g/mol. The van der Waals surface area contributed by atoms with Crippen molar-refractivity contribution < 1.29 is 9.18 Å². The number of hydrogen-bond donors (Lipinski definition) is 1. The van der Waals surface area contributed by atoms with E-state index >= 15 is 0 Å². The lowest BCUT2D eigenvalue weighted by Gasteiger charge is -2.17. The van der Waals surface area contributed by atoms with Crippen LogP contribution in [0.2, 0.25) is 5.02 Å². The number of nitrogens with one attached hydrogen (secondary N) is 1. The number of nitrogens with zero attached hydrogens (tertiary/aromatic N) is 1. The molecule has 2 aromatic carbocycles. The molecule has 1 aliphatic heterocycles. The fourth-order valence-electron chi connectivity index (χ4n) is 2.10. The van der Waals surface area contributed by atoms with Gasteiger partial charge in [0.05, 0.1) is 21.6 Å². The quantitative estimate of drug-likeness (QED) is 0.767. The Morgan fingerprint density at radius 3 is 2.96 bits per heavy atom. The first-order chi connectivity index (χ1) is 11.5. The largest absolute Gasteiger partial charge is 0.324 e. The van der Waals surface area contributed by atoms with Crippen LogP contribution >= 0.6 is 35.1 Å². The van der Waals surface area contributed by atoms with Crippen molar-refractivity contribution >= 4 is 56.8 Å². The van der Waals surface area contributed by atoms with E-state index in [4.69, 9.17) is 11.6 Å². The molecule has 2 aromatic rings. The molecule has 1 aliphatic rings. The number of anilines is 1. The monoisotopic (exact) mass is 380 g/mol. The van der Waals surface area contributed by atoms with Gasteiger partial charge in [0.15, 0.2) is 0 Å². The van der Waals surface area contributed by atoms with Crippen LogP contribution in [0.3, 0.4) is 0 Å². The zero-order chi connectivity index (χ0) is 17.1. The van der Waals surface area contributed by atoms with Crippen molar-refractivity contribution in [1.29, 1.82) is 0 Å². The smallest absolute Gasteiger partial charge is 0.237 e. The van der Waals surface area contributed by atoms with E-state index < -0.39 is 5.82 Å². The van der Waals surface area contributed by atoms with Gasteiger partial charge in [0, 0.05) is 5.75 Å². The topological polar surface area (TPSA) is 41.5 Å². The van der Waals surface area contributed by atoms with Crippen LogP contribution in [0.1, 0.15) is 12.5 Å². The molecule has 1 N–H and O–H groups in total. The maximum Gasteiger partial charge on any atom is 0.237 e. The predicted molar refractivity (Wildman–Crippen MR) is 102 cm³/mol. The van der Waals surface area contributed by atoms with Crippen LogP contribution in [0.25, 0.3) is 0 Å². The van der Waals surface area contributed by atoms with Gasteiger partial charge in [-0.15, -0.1) is 0 Å². The number of rotatable bonds is 3. The third-order valence-electron chi connectivity index (χ3n) is 3.39. The van der Waals surface area contributed by atoms with Crippen molar-refractivity contribution in [2.24, 2.45) is 4.99 Å². The molecule has 1 amide bonds. The van der Waals surface area contributed by atoms with E-state index in [1.54, 1.807) is 18.7 Å². The summed E-state index contributed by atoms with van der Waals surface area (Å²) in [6.45, 7) is 1.81. The molecule has 0 bridgehead atoms. The van der Waals surface area contributed by atoms with Crippen LogP contribution in [-0.4, -0.2) is 15.5 Å². The van der Waals surface area contributed by atoms with Gasteiger partial charge in [-0.2, -0.15) is 0 Å². The Morgan fingerprint density at radius 1 is 1.38 bits per heavy atom. The summed E-state index contributed by atoms with van der Waals surface area (Å²) in [7, 11) is 0. The molecule has 3 nitrogen and oxygen atoms in total. The number of hydrogen-bond acceptors (Lipinski definition) is 4. The van der Waals surface area contributed by atoms with Gasteiger partial charge < -0.3 is 5.32 Å². The van der Waals surface area contributed by atoms with E-state index in [1.807, 2.05) is 18.2 Å². The summed E-state index contributed by atoms with van der Waals surface area (Å²) in [4.78, 5) is 16.9. The van der Waals surface area contributed by atoms with Crippen LogP contribution in [0, 0.1) is 5.82 Å². The number of thioether (sulfide) groups is 2. The van der Waals surface area contributed by atoms with Gasteiger partial charge in [-0.05, 0) is 36.8 Å². The molecule has 0 aliphatic carbocycles. The number of para-hydroxylation sites is 1. The van der Waals surface area contributed by atoms with Crippen LogP contribution in [0.5, 0.6) is 0 Å². The maximum atomic E-state index is 13.1. The Morgan fingerprint density at radius 2 is 2.17 bits per heavy atom. The number of benzene rings is 2. The van der Waals surface area contributed by atoms with Crippen molar-refractivity contribution in [2.45, 2.75) is 17.9 Å². The maximum absolute atomic E-state index is 13.1. The van der Waals surface area contributed by atoms with E-state index in [0.29, 0.717) is 5.69 Å². The molecular weight excluding hydrogens is 367 g/mol. The highest BCUT2D eigenvalue weighted by atomic mass is 35.5. The Hall–Kier alpha value is -1.50. The number of halogens is 2. The van der Waals surface area contributed by atoms with Gasteiger partial charge in [-0.25, -0.2) is 9.38 Å². The summed E-state index contributed by atoms with van der Waals surface area (Å²) >= 11 is 8.96. The average Bonchev–Trinajstić information content (AvgIpc) is 2.57. The Labute approximate surface area is 153 Å². The summed E-state index contributed by atoms with van der Waals surface area (Å²) in [6, 6.07) is 11.9. The lowest BCUT2D eigenvalue weighted by Crippen LogP contribution is -2.23. The third kappa shape index (κ3) is 4.12. The van der Waals surface area contributed by atoms with Gasteiger partial charge >= 0.3 is 0 Å². The van der Waals surface area contributed by atoms with E-state index in [9.17, 15) is 9.18 Å². The number of fused-ring (bicyclic) bond motifs is 1. The van der Waals surface area contributed by atoms with Gasteiger partial charge in [0.1, 0.15) is 10.2 Å². The SMILES string of the molecule is C[C@@H](SC1=Nc2ccccc2CS1)C(=O)Nc1ccc(F)cc1Cl. The molecule has 0 saturated heterocycles. The number of amides is 1. The zero-order valence-electron chi connectivity index (χ0n) is 12.8. The van der Waals surface area contributed by atoms with Gasteiger partial charge in [0.2, 0.25) is 5.91 Å². The Bertz CT molecular complexity index is 813. The standard InChI is InChI=1S/C17H14ClFN2OS2/c1-10(16(22)20-15-7-6-12(19)8-13(15)18)24-17-21-14-5-3-2-4-11(14)9-23-17/h2-8,10H,9H2,1H3,(H,20,22)/t10-/m1/s1. The van der Waals surface area contributed by atoms with E-state index in [-0.39, 0.29) is 16.2 Å². The van der Waals surface area contributed by atoms with E-state index in [1.165, 1.54) is 35.5 Å². The zero-order valence-corrected chi connectivity index (χ0v) is 15.1. The number of carbonyl (C=O) groups excluding carboxylic acids is 1. The minimum atomic E-state index is -0.438. The van der Waals surface area contributed by atoms with Crippen LogP contribution in [-0.2, 0) is 10.5 Å². The van der Waals surface area contributed by atoms with Gasteiger partial charge in [-0.1, -0.05) is 53.3 Å². The fourth-order valence-corrected chi connectivity index (χ4v) is 4.50. The Kier molecular flexibility index (Phi) is 5.48. The molecule has 0 aromatic heterocycles. The molecule has 0 saturated carbocycles. The minimum absolute atomic E-state index is 0.179. The second-order valence-corrected chi connectivity index (χ2v) is 8.13. The summed E-state index contributed by atoms with van der Waals surface area (Å²) < 4.78 is 13.9. The van der Waals surface area contributed by atoms with Gasteiger partial charge in [-0.3, -0.25) is 4.79 Å². The van der Waals surface area contributed by atoms with Crippen molar-refractivity contribution in [1.82, 2.24) is 0 Å². The van der Waals surface area contributed by atoms with Crippen molar-refractivity contribution in [3.63, 3.8) is 0 Å². The molecule has 0 fully saturated rings. The fraction of sp³-hybridized carbons (Fsp3) is 0.176. The highest BCUT2D eigenvalue weighted by molar-refractivity contribution is 8.39. The predicted octanol–water partition coefficient (Wildman–Crippen LogP) is 5.47. The molecule has 0 spiro atoms. The molecule has 1 atom stereocenters. The summed E-state index contributed by atoms with van der Waals surface area (Å²) in [5.41, 5.74) is 2.55. The second-order valence-electron chi connectivity index (χ2n) is 5.17. The van der Waals surface area contributed by atoms with Crippen LogP contribution in [0.15, 0.2) is 47.5 Å². The lowest BCUT2D eigenvalue weighted by molar-refractivity contribution is -0.115. The van der Waals surface area contributed by atoms with Crippen molar-refractivity contribution in [3.05, 3.63) is 58.9 Å². The van der Waals surface area contributed by atoms with Crippen molar-refractivity contribution in [2.75, 3.05) is 5.32 Å². The lowest BCUT2D eigenvalue weighted by atomic mass is 10.2. The summed E-state index contributed by atoms with van der Waals surface area (Å²) in [5, 5.41) is 2.56. The molecule has 124 valence electrons. The molecular formula is C17H14ClFN2OS2. The molecule has 24 heavy (non-hydrogen) atoms. The first-order valence-electron chi connectivity index (χ1n) is 7.25. The third-order valence-corrected chi connectivity index (χ3v) is 6.00. The number of aliphatic imine (C=N–C) groups is 1. The minimum Gasteiger partial charge on any atom is -0.324 e. The second kappa shape index (κ2) is 7.59. The highest BCUT2D eigenvalue weighted by Crippen LogP contribution is 2.36. The Balaban J connectivity index is 1.66. The number of carbonyl (C=O) groups is 1. The van der Waals surface area contributed by atoms with Crippen LogP contribution < -0.4 is 5.32 Å². The van der Waals surface area contributed by atoms with Gasteiger partial charge in [0.25, 0.3) is 0 Å². The van der Waals surface area contributed by atoms with Crippen LogP contribution in [0.4, 0.5) is 15.8 Å². The van der Waals surface area contributed by atoms with E-state index in [0.717, 1.165) is 15.8 Å². The first-order valence-corrected chi connectivity index (χ1v) is 9.49. The summed E-state index contributed by atoms with van der Waals surface area (Å²) in [5.74, 6) is 0.211. The first kappa shape index (κ1) is 17.3. The van der Waals surface area contributed by atoms with E-state index in [2.05, 4.69) is 16.4 Å². The summed E-state index contributed by atoms with van der Waals surface area (Å²) in [6.07, 6.45) is 0. The molecule has 3 rings (SSSR count). The normalized spacial score (nSPS) is 14.5. The molecule has 0 radical (unpaired) electrons. The molecule has 1 heterocycles. The molecule has 0 unspecified atom stereocenters. The highest BCUT2D eigenvalue weighted by Gasteiger charge is 2.20.